The van der Waals surface area contributed by atoms with Crippen LogP contribution < -0.4 is 10.1 Å². The highest BCUT2D eigenvalue weighted by molar-refractivity contribution is 5.89. The van der Waals surface area contributed by atoms with E-state index < -0.39 is 5.79 Å². The van der Waals surface area contributed by atoms with E-state index in [9.17, 15) is 4.79 Å². The molecule has 2 saturated heterocycles. The topological polar surface area (TPSA) is 60.0 Å². The van der Waals surface area contributed by atoms with Gasteiger partial charge in [-0.25, -0.2) is 4.79 Å². The summed E-state index contributed by atoms with van der Waals surface area (Å²) in [4.78, 5) is 14.2. The Morgan fingerprint density at radius 1 is 1.14 bits per heavy atom. The number of rotatable bonds is 1. The number of nitrogens with one attached hydrogen (secondary N) is 1. The summed E-state index contributed by atoms with van der Waals surface area (Å²) in [5.74, 6) is 0.482. The largest absolute Gasteiger partial charge is 0.493 e. The Morgan fingerprint density at radius 3 is 2.68 bits per heavy atom. The van der Waals surface area contributed by atoms with Crippen molar-refractivity contribution in [3.05, 3.63) is 23.8 Å². The first-order valence-corrected chi connectivity index (χ1v) is 7.84. The van der Waals surface area contributed by atoms with Gasteiger partial charge in [0.1, 0.15) is 5.75 Å². The molecule has 3 aliphatic rings. The van der Waals surface area contributed by atoms with E-state index in [4.69, 9.17) is 14.2 Å². The zero-order valence-electron chi connectivity index (χ0n) is 12.5. The van der Waals surface area contributed by atoms with Crippen molar-refractivity contribution >= 4 is 11.7 Å². The Morgan fingerprint density at radius 2 is 1.91 bits per heavy atom. The van der Waals surface area contributed by atoms with E-state index in [1.807, 2.05) is 23.1 Å². The second-order valence-electron chi connectivity index (χ2n) is 5.95. The van der Waals surface area contributed by atoms with Crippen LogP contribution in [0, 0.1) is 0 Å². The molecule has 3 aliphatic heterocycles. The standard InChI is InChI=1S/C16H20N2O4/c19-15(17-13-1-2-14-12(11-13)3-8-20-14)18-6-4-16(5-7-18)21-9-10-22-16/h1-2,11H,3-10H2,(H,17,19). The average Bonchev–Trinajstić information content (AvgIpc) is 3.17. The monoisotopic (exact) mass is 304 g/mol. The lowest BCUT2D eigenvalue weighted by Gasteiger charge is -2.37. The van der Waals surface area contributed by atoms with E-state index in [0.717, 1.165) is 42.9 Å². The molecule has 6 heteroatoms. The van der Waals surface area contributed by atoms with Gasteiger partial charge in [0.05, 0.1) is 19.8 Å². The maximum atomic E-state index is 12.4. The van der Waals surface area contributed by atoms with Gasteiger partial charge < -0.3 is 24.4 Å². The van der Waals surface area contributed by atoms with Gasteiger partial charge in [-0.1, -0.05) is 0 Å². The molecule has 0 bridgehead atoms. The van der Waals surface area contributed by atoms with E-state index in [1.54, 1.807) is 0 Å². The van der Waals surface area contributed by atoms with Gasteiger partial charge in [0.2, 0.25) is 0 Å². The fourth-order valence-electron chi connectivity index (χ4n) is 3.30. The second kappa shape index (κ2) is 5.44. The minimum Gasteiger partial charge on any atom is -0.493 e. The predicted octanol–water partition coefficient (Wildman–Crippen LogP) is 1.99. The summed E-state index contributed by atoms with van der Waals surface area (Å²) in [6, 6.07) is 5.74. The number of carbonyl (C=O) groups is 1. The molecule has 0 atom stereocenters. The molecule has 1 aromatic rings. The SMILES string of the molecule is O=C(Nc1ccc2c(c1)CCO2)N1CCC2(CC1)OCCO2. The molecule has 6 nitrogen and oxygen atoms in total. The van der Waals surface area contributed by atoms with Crippen LogP contribution in [0.4, 0.5) is 10.5 Å². The molecule has 22 heavy (non-hydrogen) atoms. The van der Waals surface area contributed by atoms with Gasteiger partial charge in [-0.3, -0.25) is 0 Å². The molecule has 4 rings (SSSR count). The third-order valence-corrected chi connectivity index (χ3v) is 4.57. The van der Waals surface area contributed by atoms with Crippen LogP contribution in [0.2, 0.25) is 0 Å². The zero-order chi connectivity index (χ0) is 15.0. The van der Waals surface area contributed by atoms with Crippen LogP contribution in [0.1, 0.15) is 18.4 Å². The van der Waals surface area contributed by atoms with Crippen LogP contribution in [-0.4, -0.2) is 49.6 Å². The number of hydrogen-bond donors (Lipinski definition) is 1. The number of amides is 2. The maximum absolute atomic E-state index is 12.4. The van der Waals surface area contributed by atoms with E-state index >= 15 is 0 Å². The van der Waals surface area contributed by atoms with Crippen molar-refractivity contribution in [1.82, 2.24) is 4.90 Å². The van der Waals surface area contributed by atoms with E-state index in [1.165, 1.54) is 0 Å². The lowest BCUT2D eigenvalue weighted by Crippen LogP contribution is -2.48. The van der Waals surface area contributed by atoms with Crippen molar-refractivity contribution in [1.29, 1.82) is 0 Å². The van der Waals surface area contributed by atoms with Gasteiger partial charge in [0.25, 0.3) is 0 Å². The van der Waals surface area contributed by atoms with Crippen molar-refractivity contribution in [3.63, 3.8) is 0 Å². The molecule has 2 amide bonds. The van der Waals surface area contributed by atoms with Crippen LogP contribution in [0.5, 0.6) is 5.75 Å². The Balaban J connectivity index is 1.36. The lowest BCUT2D eigenvalue weighted by atomic mass is 10.0. The minimum atomic E-state index is -0.443. The normalized spacial score (nSPS) is 22.5. The smallest absolute Gasteiger partial charge is 0.321 e. The number of ether oxygens (including phenoxy) is 3. The summed E-state index contributed by atoms with van der Waals surface area (Å²) in [5.41, 5.74) is 1.98. The van der Waals surface area contributed by atoms with Gasteiger partial charge in [-0.05, 0) is 23.8 Å². The molecule has 2 fully saturated rings. The van der Waals surface area contributed by atoms with Crippen LogP contribution in [0.3, 0.4) is 0 Å². The first-order valence-electron chi connectivity index (χ1n) is 7.84. The van der Waals surface area contributed by atoms with Gasteiger partial charge in [-0.15, -0.1) is 0 Å². The second-order valence-corrected chi connectivity index (χ2v) is 5.95. The number of urea groups is 1. The van der Waals surface area contributed by atoms with Crippen molar-refractivity contribution in [2.24, 2.45) is 0 Å². The third-order valence-electron chi connectivity index (χ3n) is 4.57. The summed E-state index contributed by atoms with van der Waals surface area (Å²) < 4.78 is 16.8. The minimum absolute atomic E-state index is 0.0632. The summed E-state index contributed by atoms with van der Waals surface area (Å²) in [6.45, 7) is 3.34. The third kappa shape index (κ3) is 2.53. The Kier molecular flexibility index (Phi) is 3.43. The molecule has 1 N–H and O–H groups in total. The van der Waals surface area contributed by atoms with Crippen LogP contribution in [0.15, 0.2) is 18.2 Å². The molecule has 3 heterocycles. The number of piperidine rings is 1. The Bertz CT molecular complexity index is 574. The van der Waals surface area contributed by atoms with Gasteiger partial charge in [0, 0.05) is 38.0 Å². The average molecular weight is 304 g/mol. The summed E-state index contributed by atoms with van der Waals surface area (Å²) >= 11 is 0. The number of anilines is 1. The van der Waals surface area contributed by atoms with Gasteiger partial charge in [0.15, 0.2) is 5.79 Å². The van der Waals surface area contributed by atoms with Crippen LogP contribution in [0.25, 0.3) is 0 Å². The van der Waals surface area contributed by atoms with Gasteiger partial charge in [-0.2, -0.15) is 0 Å². The van der Waals surface area contributed by atoms with Crippen molar-refractivity contribution < 1.29 is 19.0 Å². The quantitative estimate of drug-likeness (QED) is 0.862. The molecular weight excluding hydrogens is 284 g/mol. The molecule has 0 aliphatic carbocycles. The van der Waals surface area contributed by atoms with Crippen molar-refractivity contribution in [2.45, 2.75) is 25.0 Å². The summed E-state index contributed by atoms with van der Waals surface area (Å²) in [7, 11) is 0. The summed E-state index contributed by atoms with van der Waals surface area (Å²) in [5, 5.41) is 2.97. The number of carbonyl (C=O) groups excluding carboxylic acids is 1. The number of benzene rings is 1. The molecule has 118 valence electrons. The Hall–Kier alpha value is -1.79. The molecule has 1 aromatic carbocycles. The first kappa shape index (κ1) is 13.8. The fourth-order valence-corrected chi connectivity index (χ4v) is 3.30. The van der Waals surface area contributed by atoms with Crippen molar-refractivity contribution in [3.8, 4) is 5.75 Å². The zero-order valence-corrected chi connectivity index (χ0v) is 12.5. The molecule has 0 radical (unpaired) electrons. The number of likely N-dealkylation sites (tertiary alicyclic amines) is 1. The van der Waals surface area contributed by atoms with Crippen molar-refractivity contribution in [2.75, 3.05) is 38.2 Å². The number of fused-ring (bicyclic) bond motifs is 1. The van der Waals surface area contributed by atoms with Crippen LogP contribution >= 0.6 is 0 Å². The molecule has 0 saturated carbocycles. The van der Waals surface area contributed by atoms with E-state index in [2.05, 4.69) is 5.32 Å². The highest BCUT2D eigenvalue weighted by Crippen LogP contribution is 2.32. The van der Waals surface area contributed by atoms with Crippen LogP contribution in [-0.2, 0) is 15.9 Å². The predicted molar refractivity (Wildman–Crippen MR) is 80.1 cm³/mol. The highest BCUT2D eigenvalue weighted by atomic mass is 16.7. The molecule has 1 spiro atoms. The lowest BCUT2D eigenvalue weighted by molar-refractivity contribution is -0.181. The van der Waals surface area contributed by atoms with E-state index in [0.29, 0.717) is 26.3 Å². The highest BCUT2D eigenvalue weighted by Gasteiger charge is 2.40. The van der Waals surface area contributed by atoms with Gasteiger partial charge >= 0.3 is 6.03 Å². The summed E-state index contributed by atoms with van der Waals surface area (Å²) in [6.07, 6.45) is 2.37. The molecule has 0 unspecified atom stereocenters. The molecule has 0 aromatic heterocycles. The fraction of sp³-hybridized carbons (Fsp3) is 0.562. The number of hydrogen-bond acceptors (Lipinski definition) is 4. The molecular formula is C16H20N2O4. The Labute approximate surface area is 129 Å². The van der Waals surface area contributed by atoms with E-state index in [-0.39, 0.29) is 6.03 Å². The first-order chi connectivity index (χ1) is 10.7. The number of nitrogens with zero attached hydrogens (tertiary/aromatic N) is 1. The maximum Gasteiger partial charge on any atom is 0.321 e.